The van der Waals surface area contributed by atoms with Gasteiger partial charge in [0.05, 0.1) is 12.5 Å². The minimum atomic E-state index is -1.61. The van der Waals surface area contributed by atoms with Gasteiger partial charge in [-0.1, -0.05) is 20.3 Å². The predicted molar refractivity (Wildman–Crippen MR) is 118 cm³/mol. The first-order valence-electron chi connectivity index (χ1n) is 10.8. The number of primary amides is 1. The molecule has 10 N–H and O–H groups in total. The fraction of sp³-hybridized carbons (Fsp3) is 0.650. The van der Waals surface area contributed by atoms with Gasteiger partial charge in [-0.2, -0.15) is 0 Å². The first kappa shape index (κ1) is 31.2. The molecule has 198 valence electrons. The zero-order valence-electron chi connectivity index (χ0n) is 19.5. The van der Waals surface area contributed by atoms with Crippen molar-refractivity contribution >= 4 is 41.5 Å². The highest BCUT2D eigenvalue weighted by Gasteiger charge is 2.33. The third-order valence-electron chi connectivity index (χ3n) is 5.10. The molecule has 0 heterocycles. The Morgan fingerprint density at radius 1 is 0.771 bits per heavy atom. The first-order chi connectivity index (χ1) is 16.2. The van der Waals surface area contributed by atoms with Crippen LogP contribution in [0.5, 0.6) is 0 Å². The number of nitrogens with one attached hydrogen (secondary N) is 3. The fourth-order valence-electron chi connectivity index (χ4n) is 2.84. The van der Waals surface area contributed by atoms with Crippen molar-refractivity contribution in [3.8, 4) is 0 Å². The molecule has 0 aliphatic carbocycles. The van der Waals surface area contributed by atoms with Gasteiger partial charge in [0.25, 0.3) is 0 Å². The second-order valence-electron chi connectivity index (χ2n) is 7.97. The van der Waals surface area contributed by atoms with Crippen LogP contribution in [-0.4, -0.2) is 81.0 Å². The molecule has 35 heavy (non-hydrogen) atoms. The van der Waals surface area contributed by atoms with Crippen LogP contribution in [-0.2, 0) is 33.6 Å². The Balaban J connectivity index is 5.56. The van der Waals surface area contributed by atoms with E-state index in [2.05, 4.69) is 16.0 Å². The first-order valence-corrected chi connectivity index (χ1v) is 10.8. The van der Waals surface area contributed by atoms with Crippen LogP contribution < -0.4 is 27.4 Å². The van der Waals surface area contributed by atoms with E-state index in [0.29, 0.717) is 6.42 Å². The van der Waals surface area contributed by atoms with Crippen molar-refractivity contribution in [3.05, 3.63) is 0 Å². The van der Waals surface area contributed by atoms with Crippen LogP contribution >= 0.6 is 0 Å². The van der Waals surface area contributed by atoms with Gasteiger partial charge in [-0.05, 0) is 18.8 Å². The number of carbonyl (C=O) groups excluding carboxylic acids is 4. The molecule has 15 heteroatoms. The molecule has 15 nitrogen and oxygen atoms in total. The van der Waals surface area contributed by atoms with Crippen LogP contribution in [0, 0.1) is 5.92 Å². The number of rotatable bonds is 17. The van der Waals surface area contributed by atoms with Crippen LogP contribution in [0.1, 0.15) is 52.4 Å². The maximum Gasteiger partial charge on any atom is 0.326 e. The summed E-state index contributed by atoms with van der Waals surface area (Å²) in [5.74, 6) is -8.24. The van der Waals surface area contributed by atoms with Gasteiger partial charge < -0.3 is 42.7 Å². The van der Waals surface area contributed by atoms with Crippen molar-refractivity contribution in [3.63, 3.8) is 0 Å². The largest absolute Gasteiger partial charge is 0.481 e. The Bertz CT molecular complexity index is 818. The number of hydrogen-bond donors (Lipinski definition) is 8. The molecular formula is C20H33N5O10. The highest BCUT2D eigenvalue weighted by atomic mass is 16.4. The van der Waals surface area contributed by atoms with Crippen LogP contribution in [0.3, 0.4) is 0 Å². The Morgan fingerprint density at radius 2 is 1.29 bits per heavy atom. The van der Waals surface area contributed by atoms with E-state index in [4.69, 9.17) is 21.7 Å². The highest BCUT2D eigenvalue weighted by Crippen LogP contribution is 2.10. The molecule has 5 unspecified atom stereocenters. The van der Waals surface area contributed by atoms with E-state index in [1.165, 1.54) is 0 Å². The van der Waals surface area contributed by atoms with E-state index in [-0.39, 0.29) is 12.8 Å². The van der Waals surface area contributed by atoms with Gasteiger partial charge in [0.15, 0.2) is 0 Å². The van der Waals surface area contributed by atoms with Gasteiger partial charge in [-0.15, -0.1) is 0 Å². The summed E-state index contributed by atoms with van der Waals surface area (Å²) < 4.78 is 0. The summed E-state index contributed by atoms with van der Waals surface area (Å²) in [6.07, 6.45) is -1.88. The summed E-state index contributed by atoms with van der Waals surface area (Å²) in [4.78, 5) is 82.1. The fourth-order valence-corrected chi connectivity index (χ4v) is 2.84. The molecule has 4 amide bonds. The lowest BCUT2D eigenvalue weighted by molar-refractivity contribution is -0.143. The summed E-state index contributed by atoms with van der Waals surface area (Å²) in [5.41, 5.74) is 10.8. The summed E-state index contributed by atoms with van der Waals surface area (Å²) in [6, 6.07) is -5.67. The molecule has 0 aromatic carbocycles. The average Bonchev–Trinajstić information content (AvgIpc) is 2.76. The normalized spacial score (nSPS) is 14.9. The molecule has 0 bridgehead atoms. The average molecular weight is 504 g/mol. The summed E-state index contributed by atoms with van der Waals surface area (Å²) in [7, 11) is 0. The number of nitrogens with two attached hydrogens (primary N) is 2. The van der Waals surface area contributed by atoms with E-state index >= 15 is 0 Å². The Labute approximate surface area is 201 Å². The van der Waals surface area contributed by atoms with Crippen LogP contribution in [0.4, 0.5) is 0 Å². The lowest BCUT2D eigenvalue weighted by Crippen LogP contribution is -2.59. The molecule has 0 aromatic rings. The van der Waals surface area contributed by atoms with Crippen LogP contribution in [0.15, 0.2) is 0 Å². The minimum Gasteiger partial charge on any atom is -0.481 e. The molecule has 0 aromatic heterocycles. The number of carboxylic acid groups (broad SMARTS) is 3. The molecule has 0 aliphatic rings. The minimum absolute atomic E-state index is 0.185. The van der Waals surface area contributed by atoms with Gasteiger partial charge in [0, 0.05) is 12.8 Å². The topological polar surface area (TPSA) is 268 Å². The molecule has 0 rings (SSSR count). The van der Waals surface area contributed by atoms with Gasteiger partial charge in [-0.3, -0.25) is 28.8 Å². The second-order valence-corrected chi connectivity index (χ2v) is 7.97. The number of carboxylic acids is 3. The maximum absolute atomic E-state index is 12.9. The molecule has 0 spiro atoms. The number of hydrogen-bond acceptors (Lipinski definition) is 8. The third kappa shape index (κ3) is 12.3. The van der Waals surface area contributed by atoms with Gasteiger partial charge >= 0.3 is 17.9 Å². The molecular weight excluding hydrogens is 470 g/mol. The zero-order chi connectivity index (χ0) is 27.3. The van der Waals surface area contributed by atoms with Gasteiger partial charge in [-0.25, -0.2) is 4.79 Å². The lowest BCUT2D eigenvalue weighted by atomic mass is 9.97. The molecule has 0 saturated carbocycles. The molecule has 0 radical (unpaired) electrons. The van der Waals surface area contributed by atoms with E-state index in [9.17, 15) is 38.7 Å². The SMILES string of the molecule is CCC(C)C(NC(=O)C(N)CCC(=O)O)C(=O)NC(CC(N)=O)C(=O)NC(CCC(=O)O)C(=O)O. The highest BCUT2D eigenvalue weighted by molar-refractivity contribution is 5.96. The van der Waals surface area contributed by atoms with Crippen molar-refractivity contribution in [1.29, 1.82) is 0 Å². The van der Waals surface area contributed by atoms with Gasteiger partial charge in [0.2, 0.25) is 23.6 Å². The Kier molecular flexibility index (Phi) is 13.6. The van der Waals surface area contributed by atoms with E-state index < -0.39 is 90.9 Å². The summed E-state index contributed by atoms with van der Waals surface area (Å²) in [5, 5.41) is 33.4. The number of amides is 4. The van der Waals surface area contributed by atoms with Crippen molar-refractivity contribution in [2.75, 3.05) is 0 Å². The van der Waals surface area contributed by atoms with Gasteiger partial charge in [0.1, 0.15) is 18.1 Å². The third-order valence-corrected chi connectivity index (χ3v) is 5.10. The standard InChI is InChI=1S/C20H33N5O10/c1-3-9(2)16(25-17(31)10(21)4-6-14(27)28)19(33)24-12(8-13(22)26)18(32)23-11(20(34)35)5-7-15(29)30/h9-12,16H,3-8,21H2,1-2H3,(H2,22,26)(H,23,32)(H,24,33)(H,25,31)(H,27,28)(H,29,30)(H,34,35). The summed E-state index contributed by atoms with van der Waals surface area (Å²) in [6.45, 7) is 3.33. The predicted octanol–water partition coefficient (Wildman–Crippen LogP) is -2.50. The van der Waals surface area contributed by atoms with E-state index in [1.54, 1.807) is 13.8 Å². The zero-order valence-corrected chi connectivity index (χ0v) is 19.5. The Morgan fingerprint density at radius 3 is 1.74 bits per heavy atom. The smallest absolute Gasteiger partial charge is 0.326 e. The Hall–Kier alpha value is -3.75. The van der Waals surface area contributed by atoms with E-state index in [0.717, 1.165) is 0 Å². The number of carbonyl (C=O) groups is 7. The quantitative estimate of drug-likeness (QED) is 0.103. The van der Waals surface area contributed by atoms with E-state index in [1.807, 2.05) is 0 Å². The van der Waals surface area contributed by atoms with Crippen LogP contribution in [0.25, 0.3) is 0 Å². The maximum atomic E-state index is 12.9. The molecule has 0 fully saturated rings. The van der Waals surface area contributed by atoms with Crippen molar-refractivity contribution < 1.29 is 48.9 Å². The summed E-state index contributed by atoms with van der Waals surface area (Å²) >= 11 is 0. The van der Waals surface area contributed by atoms with Crippen molar-refractivity contribution in [1.82, 2.24) is 16.0 Å². The lowest BCUT2D eigenvalue weighted by Gasteiger charge is -2.27. The molecule has 0 saturated heterocycles. The molecule has 0 aliphatic heterocycles. The number of aliphatic carboxylic acids is 3. The van der Waals surface area contributed by atoms with Crippen LogP contribution in [0.2, 0.25) is 0 Å². The van der Waals surface area contributed by atoms with Crippen molar-refractivity contribution in [2.24, 2.45) is 17.4 Å². The van der Waals surface area contributed by atoms with Crippen molar-refractivity contribution in [2.45, 2.75) is 76.5 Å². The second kappa shape index (κ2) is 15.2. The molecule has 5 atom stereocenters. The monoisotopic (exact) mass is 503 g/mol.